The molecule has 0 unspecified atom stereocenters. The van der Waals surface area contributed by atoms with Crippen LogP contribution in [0, 0.1) is 5.41 Å². The Morgan fingerprint density at radius 2 is 1.05 bits per heavy atom. The van der Waals surface area contributed by atoms with Crippen LogP contribution >= 0.6 is 0 Å². The summed E-state index contributed by atoms with van der Waals surface area (Å²) in [4.78, 5) is 2.39. The zero-order chi connectivity index (χ0) is 41.8. The first kappa shape index (κ1) is 37.1. The summed E-state index contributed by atoms with van der Waals surface area (Å²) < 4.78 is 2.33. The Labute approximate surface area is 362 Å². The van der Waals surface area contributed by atoms with Crippen molar-refractivity contribution in [1.29, 1.82) is 5.41 Å². The number of hydrogen-bond acceptors (Lipinski definition) is 3. The van der Waals surface area contributed by atoms with Gasteiger partial charge in [0.15, 0.2) is 0 Å². The molecule has 1 aromatic heterocycles. The molecule has 0 fully saturated rings. The number of aromatic nitrogens is 1. The second kappa shape index (κ2) is 14.9. The third-order valence-corrected chi connectivity index (χ3v) is 12.7. The van der Waals surface area contributed by atoms with Gasteiger partial charge in [0.2, 0.25) is 0 Å². The van der Waals surface area contributed by atoms with E-state index in [1.165, 1.54) is 39.6 Å². The number of anilines is 5. The molecule has 1 heterocycles. The van der Waals surface area contributed by atoms with Crippen LogP contribution < -0.4 is 10.2 Å². The van der Waals surface area contributed by atoms with E-state index in [1.54, 1.807) is 0 Å². The molecule has 4 heteroatoms. The quantitative estimate of drug-likeness (QED) is 0.143. The molecule has 11 rings (SSSR count). The number of rotatable bonds is 9. The summed E-state index contributed by atoms with van der Waals surface area (Å²) in [5, 5.41) is 14.3. The Hall–Kier alpha value is -7.95. The van der Waals surface area contributed by atoms with Crippen LogP contribution in [0.5, 0.6) is 0 Å². The van der Waals surface area contributed by atoms with E-state index < -0.39 is 0 Å². The van der Waals surface area contributed by atoms with Crippen molar-refractivity contribution < 1.29 is 0 Å². The van der Waals surface area contributed by atoms with E-state index in [-0.39, 0.29) is 5.41 Å². The maximum Gasteiger partial charge on any atom is 0.0783 e. The molecular formula is C58H44N4. The van der Waals surface area contributed by atoms with Gasteiger partial charge in [-0.3, -0.25) is 0 Å². The van der Waals surface area contributed by atoms with Crippen LogP contribution in [0.25, 0.3) is 60.9 Å². The van der Waals surface area contributed by atoms with Crippen molar-refractivity contribution in [2.24, 2.45) is 0 Å². The van der Waals surface area contributed by atoms with E-state index in [9.17, 15) is 0 Å². The minimum atomic E-state index is -0.115. The second-order valence-corrected chi connectivity index (χ2v) is 16.7. The average molecular weight is 797 g/mol. The summed E-state index contributed by atoms with van der Waals surface area (Å²) >= 11 is 0. The fourth-order valence-corrected chi connectivity index (χ4v) is 9.58. The molecule has 62 heavy (non-hydrogen) atoms. The van der Waals surface area contributed by atoms with Gasteiger partial charge in [-0.2, -0.15) is 0 Å². The number of fused-ring (bicyclic) bond motifs is 6. The molecule has 10 aromatic rings. The van der Waals surface area contributed by atoms with E-state index in [2.05, 4.69) is 223 Å². The van der Waals surface area contributed by atoms with Crippen molar-refractivity contribution in [2.75, 3.05) is 10.2 Å². The van der Waals surface area contributed by atoms with Gasteiger partial charge >= 0.3 is 0 Å². The van der Waals surface area contributed by atoms with E-state index in [1.807, 2.05) is 18.2 Å². The fraction of sp³-hybridized carbons (Fsp3) is 0.0517. The van der Waals surface area contributed by atoms with Crippen molar-refractivity contribution in [3.8, 4) is 39.1 Å². The summed E-state index contributed by atoms with van der Waals surface area (Å²) in [7, 11) is 0. The first-order chi connectivity index (χ1) is 30.5. The molecular weight excluding hydrogens is 753 g/mol. The molecule has 0 bridgehead atoms. The van der Waals surface area contributed by atoms with Gasteiger partial charge in [0.25, 0.3) is 0 Å². The monoisotopic (exact) mass is 796 g/mol. The van der Waals surface area contributed by atoms with Crippen LogP contribution in [-0.2, 0) is 5.41 Å². The van der Waals surface area contributed by atoms with Crippen LogP contribution in [-0.4, -0.2) is 10.8 Å². The number of hydrogen-bond donors (Lipinski definition) is 2. The molecule has 4 nitrogen and oxygen atoms in total. The summed E-state index contributed by atoms with van der Waals surface area (Å²) in [6.45, 7) is 4.69. The highest BCUT2D eigenvalue weighted by atomic mass is 15.1. The lowest BCUT2D eigenvalue weighted by Gasteiger charge is -2.28. The Morgan fingerprint density at radius 3 is 1.74 bits per heavy atom. The molecule has 0 atom stereocenters. The number of nitrogens with one attached hydrogen (secondary N) is 2. The van der Waals surface area contributed by atoms with Crippen LogP contribution in [0.15, 0.2) is 212 Å². The summed E-state index contributed by atoms with van der Waals surface area (Å²) in [5.41, 5.74) is 19.2. The summed E-state index contributed by atoms with van der Waals surface area (Å²) in [5.74, 6) is 0. The predicted octanol–water partition coefficient (Wildman–Crippen LogP) is 15.6. The molecule has 0 aliphatic heterocycles. The molecule has 0 radical (unpaired) electrons. The standard InChI is InChI=1S/C58H44N4/c1-58(2)53-21-13-12-20-49(53)50-34-32-48(37-54(50)58)61(46-28-22-40(23-29-46)39-14-6-3-7-15-39)47-30-24-41(25-31-47)42-27-35-55-52(36-42)51-33-26-43(38-59)56(60-44-16-8-4-9-17-44)57(51)62(55)45-18-10-5-11-19-45/h3-38,59-60H,1-2H3. The number of nitrogens with zero attached hydrogens (tertiary/aromatic N) is 2. The molecule has 2 N–H and O–H groups in total. The minimum Gasteiger partial charge on any atom is -0.353 e. The third-order valence-electron chi connectivity index (χ3n) is 12.7. The van der Waals surface area contributed by atoms with Gasteiger partial charge in [0.05, 0.1) is 16.7 Å². The molecule has 0 spiro atoms. The molecule has 296 valence electrons. The highest BCUT2D eigenvalue weighted by Gasteiger charge is 2.35. The zero-order valence-electron chi connectivity index (χ0n) is 34.7. The lowest BCUT2D eigenvalue weighted by Crippen LogP contribution is -2.16. The van der Waals surface area contributed by atoms with Crippen molar-refractivity contribution in [2.45, 2.75) is 19.3 Å². The Kier molecular flexibility index (Phi) is 8.94. The Bertz CT molecular complexity index is 3270. The van der Waals surface area contributed by atoms with Gasteiger partial charge < -0.3 is 20.2 Å². The molecule has 1 aliphatic rings. The van der Waals surface area contributed by atoms with Gasteiger partial charge in [0, 0.05) is 56.4 Å². The van der Waals surface area contributed by atoms with Gasteiger partial charge in [-0.15, -0.1) is 0 Å². The van der Waals surface area contributed by atoms with Gasteiger partial charge in [-0.05, 0) is 117 Å². The molecule has 1 aliphatic carbocycles. The fourth-order valence-electron chi connectivity index (χ4n) is 9.58. The lowest BCUT2D eigenvalue weighted by molar-refractivity contribution is 0.660. The zero-order valence-corrected chi connectivity index (χ0v) is 34.7. The molecule has 9 aromatic carbocycles. The minimum absolute atomic E-state index is 0.115. The molecule has 0 saturated carbocycles. The Morgan fingerprint density at radius 1 is 0.484 bits per heavy atom. The van der Waals surface area contributed by atoms with Crippen molar-refractivity contribution in [3.05, 3.63) is 229 Å². The highest BCUT2D eigenvalue weighted by Crippen LogP contribution is 2.51. The maximum atomic E-state index is 8.38. The van der Waals surface area contributed by atoms with Crippen LogP contribution in [0.2, 0.25) is 0 Å². The summed E-state index contributed by atoms with van der Waals surface area (Å²) in [6, 6.07) is 76.1. The van der Waals surface area contributed by atoms with E-state index >= 15 is 0 Å². The SMILES string of the molecule is CC1(C)c2ccccc2-c2ccc(N(c3ccc(-c4ccccc4)cc3)c3ccc(-c4ccc5c(c4)c4ccc(C=N)c(Nc6ccccc6)c4n5-c4ccccc4)cc3)cc21. The second-order valence-electron chi connectivity index (χ2n) is 16.7. The Balaban J connectivity index is 1.02. The first-order valence-corrected chi connectivity index (χ1v) is 21.3. The highest BCUT2D eigenvalue weighted by molar-refractivity contribution is 6.17. The van der Waals surface area contributed by atoms with Crippen LogP contribution in [0.3, 0.4) is 0 Å². The van der Waals surface area contributed by atoms with Crippen molar-refractivity contribution >= 4 is 56.5 Å². The average Bonchev–Trinajstić information content (AvgIpc) is 3.78. The maximum absolute atomic E-state index is 8.38. The van der Waals surface area contributed by atoms with E-state index in [0.29, 0.717) is 0 Å². The molecule has 0 amide bonds. The van der Waals surface area contributed by atoms with E-state index in [0.717, 1.165) is 72.6 Å². The number of para-hydroxylation sites is 2. The van der Waals surface area contributed by atoms with Gasteiger partial charge in [-0.1, -0.05) is 153 Å². The van der Waals surface area contributed by atoms with E-state index in [4.69, 9.17) is 5.41 Å². The first-order valence-electron chi connectivity index (χ1n) is 21.3. The number of benzene rings is 9. The largest absolute Gasteiger partial charge is 0.353 e. The normalized spacial score (nSPS) is 12.5. The molecule has 0 saturated heterocycles. The van der Waals surface area contributed by atoms with Crippen LogP contribution in [0.1, 0.15) is 30.5 Å². The van der Waals surface area contributed by atoms with Gasteiger partial charge in [-0.25, -0.2) is 0 Å². The van der Waals surface area contributed by atoms with Crippen molar-refractivity contribution in [1.82, 2.24) is 4.57 Å². The summed E-state index contributed by atoms with van der Waals surface area (Å²) in [6.07, 6.45) is 1.44. The predicted molar refractivity (Wildman–Crippen MR) is 262 cm³/mol. The topological polar surface area (TPSA) is 44.1 Å². The smallest absolute Gasteiger partial charge is 0.0783 e. The van der Waals surface area contributed by atoms with Crippen LogP contribution in [0.4, 0.5) is 28.4 Å². The van der Waals surface area contributed by atoms with Gasteiger partial charge in [0.1, 0.15) is 0 Å². The third kappa shape index (κ3) is 6.19. The lowest BCUT2D eigenvalue weighted by atomic mass is 9.82. The van der Waals surface area contributed by atoms with Crippen molar-refractivity contribution in [3.63, 3.8) is 0 Å².